The Balaban J connectivity index is 1.31. The number of aliphatic carboxylic acids is 1. The van der Waals surface area contributed by atoms with E-state index in [2.05, 4.69) is 23.2 Å². The highest BCUT2D eigenvalue weighted by Gasteiger charge is 2.76. The summed E-state index contributed by atoms with van der Waals surface area (Å²) in [6.07, 6.45) is 5.13. The number of imide groups is 1. The van der Waals surface area contributed by atoms with Gasteiger partial charge >= 0.3 is 18.0 Å². The van der Waals surface area contributed by atoms with Gasteiger partial charge in [0.05, 0.1) is 23.8 Å². The first-order valence-corrected chi connectivity index (χ1v) is 20.3. The Morgan fingerprint density at radius 1 is 0.800 bits per heavy atom. The van der Waals surface area contributed by atoms with Crippen LogP contribution in [0, 0.1) is 17.8 Å². The molecule has 5 aromatic carbocycles. The molecule has 3 N–H and O–H groups in total. The van der Waals surface area contributed by atoms with Crippen LogP contribution < -0.4 is 10.2 Å². The topological polar surface area (TPSA) is 136 Å². The van der Waals surface area contributed by atoms with Gasteiger partial charge in [-0.1, -0.05) is 121 Å². The number of carbonyl (C=O) groups is 4. The molecular weight excluding hydrogens is 755 g/mol. The van der Waals surface area contributed by atoms with Crippen LogP contribution in [0.15, 0.2) is 145 Å². The number of hydrogen-bond donors (Lipinski definition) is 3. The van der Waals surface area contributed by atoms with Crippen LogP contribution >= 0.6 is 0 Å². The molecule has 0 bridgehead atoms. The fourth-order valence-electron chi connectivity index (χ4n) is 9.80. The van der Waals surface area contributed by atoms with Crippen LogP contribution in [0.1, 0.15) is 90.2 Å². The zero-order chi connectivity index (χ0) is 41.5. The van der Waals surface area contributed by atoms with Crippen molar-refractivity contribution in [2.24, 2.45) is 5.92 Å². The number of urea groups is 1. The highest BCUT2D eigenvalue weighted by atomic mass is 16.6. The average Bonchev–Trinajstić information content (AvgIpc) is 3.73. The van der Waals surface area contributed by atoms with Crippen molar-refractivity contribution in [2.45, 2.75) is 68.3 Å². The van der Waals surface area contributed by atoms with Crippen LogP contribution in [0.4, 0.5) is 10.5 Å². The summed E-state index contributed by atoms with van der Waals surface area (Å²) in [4.78, 5) is 62.6. The second kappa shape index (κ2) is 15.7. The molecule has 9 rings (SSSR count). The SMILES string of the molecule is C[C@@H](NC(=O)N1C(=O)[C@@]2(c3cc(C#CC4=CCCCC4)ccc31)[C@H](C(=O)O)[C@H]1C(=O)O[C@H](c3ccccc3)[C@H](c3ccccc3)N1[C@@H]2c1ccc(O)cc1)c1ccccc1. The third-order valence-electron chi connectivity index (χ3n) is 12.4. The van der Waals surface area contributed by atoms with E-state index in [4.69, 9.17) is 4.74 Å². The minimum atomic E-state index is -2.09. The van der Waals surface area contributed by atoms with Crippen molar-refractivity contribution in [3.05, 3.63) is 178 Å². The Kier molecular flexibility index (Phi) is 10.1. The van der Waals surface area contributed by atoms with Gasteiger partial charge in [-0.3, -0.25) is 19.3 Å². The molecule has 10 nitrogen and oxygen atoms in total. The number of rotatable bonds is 6. The van der Waals surface area contributed by atoms with Gasteiger partial charge in [0.1, 0.15) is 29.2 Å². The summed E-state index contributed by atoms with van der Waals surface area (Å²) in [5.41, 5.74) is 2.57. The molecule has 1 spiro atoms. The summed E-state index contributed by atoms with van der Waals surface area (Å²) < 4.78 is 6.35. The molecule has 7 atom stereocenters. The molecular formula is C50H43N3O7. The van der Waals surface area contributed by atoms with Gasteiger partial charge in [-0.15, -0.1) is 0 Å². The Morgan fingerprint density at radius 2 is 1.47 bits per heavy atom. The molecule has 0 saturated carbocycles. The van der Waals surface area contributed by atoms with Crippen molar-refractivity contribution in [2.75, 3.05) is 4.90 Å². The lowest BCUT2D eigenvalue weighted by atomic mass is 9.65. The first-order valence-electron chi connectivity index (χ1n) is 20.3. The van der Waals surface area contributed by atoms with Gasteiger partial charge < -0.3 is 20.3 Å². The lowest BCUT2D eigenvalue weighted by Gasteiger charge is -2.46. The highest BCUT2D eigenvalue weighted by molar-refractivity contribution is 6.24. The van der Waals surface area contributed by atoms with Crippen LogP contribution in [-0.4, -0.2) is 45.0 Å². The van der Waals surface area contributed by atoms with Crippen molar-refractivity contribution in [3.8, 4) is 17.6 Å². The number of nitrogens with zero attached hydrogens (tertiary/aromatic N) is 2. The van der Waals surface area contributed by atoms with Crippen molar-refractivity contribution < 1.29 is 34.1 Å². The smallest absolute Gasteiger partial charge is 0.329 e. The van der Waals surface area contributed by atoms with Crippen LogP contribution in [0.25, 0.3) is 0 Å². The number of carboxylic acids is 1. The number of hydrogen-bond acceptors (Lipinski definition) is 7. The van der Waals surface area contributed by atoms with E-state index >= 15 is 4.79 Å². The molecule has 3 aliphatic heterocycles. The zero-order valence-electron chi connectivity index (χ0n) is 32.9. The molecule has 2 saturated heterocycles. The Morgan fingerprint density at radius 3 is 2.12 bits per heavy atom. The van der Waals surface area contributed by atoms with Crippen molar-refractivity contribution in [1.82, 2.24) is 10.2 Å². The maximum Gasteiger partial charge on any atom is 0.329 e. The van der Waals surface area contributed by atoms with Gasteiger partial charge in [0.15, 0.2) is 0 Å². The van der Waals surface area contributed by atoms with E-state index in [0.29, 0.717) is 16.7 Å². The van der Waals surface area contributed by atoms with E-state index in [1.165, 1.54) is 12.1 Å². The maximum absolute atomic E-state index is 16.0. The minimum absolute atomic E-state index is 0.0411. The van der Waals surface area contributed by atoms with Gasteiger partial charge in [0.25, 0.3) is 0 Å². The number of carboxylic acid groups (broad SMARTS) is 1. The van der Waals surface area contributed by atoms with Gasteiger partial charge in [-0.05, 0) is 96.3 Å². The molecule has 3 amide bonds. The molecule has 0 unspecified atom stereocenters. The number of benzene rings is 5. The number of aromatic hydroxyl groups is 1. The molecule has 60 heavy (non-hydrogen) atoms. The number of ether oxygens (including phenoxy) is 1. The fourth-order valence-corrected chi connectivity index (χ4v) is 9.80. The molecule has 1 aliphatic carbocycles. The lowest BCUT2D eigenvalue weighted by Crippen LogP contribution is -2.54. The molecule has 0 aromatic heterocycles. The van der Waals surface area contributed by atoms with Crippen LogP contribution in [0.3, 0.4) is 0 Å². The summed E-state index contributed by atoms with van der Waals surface area (Å²) in [6, 6.07) is 34.6. The Labute approximate surface area is 348 Å². The van der Waals surface area contributed by atoms with E-state index in [9.17, 15) is 24.6 Å². The number of allylic oxidation sites excluding steroid dienone is 2. The Hall–Kier alpha value is -6.96. The number of phenolic OH excluding ortho intramolecular Hbond substituents is 1. The number of esters is 1. The second-order valence-electron chi connectivity index (χ2n) is 15.9. The maximum atomic E-state index is 16.0. The molecule has 2 fully saturated rings. The third kappa shape index (κ3) is 6.42. The van der Waals surface area contributed by atoms with E-state index < -0.39 is 65.5 Å². The monoisotopic (exact) mass is 797 g/mol. The van der Waals surface area contributed by atoms with Gasteiger partial charge in [-0.25, -0.2) is 9.69 Å². The molecule has 5 aromatic rings. The minimum Gasteiger partial charge on any atom is -0.508 e. The molecule has 300 valence electrons. The quantitative estimate of drug-likeness (QED) is 0.115. The third-order valence-corrected chi connectivity index (χ3v) is 12.4. The number of nitrogens with one attached hydrogen (secondary N) is 1. The number of fused-ring (bicyclic) bond motifs is 3. The van der Waals surface area contributed by atoms with Crippen molar-refractivity contribution in [1.29, 1.82) is 0 Å². The zero-order valence-corrected chi connectivity index (χ0v) is 32.9. The summed E-state index contributed by atoms with van der Waals surface area (Å²) in [6.45, 7) is 1.81. The van der Waals surface area contributed by atoms with Crippen molar-refractivity contribution in [3.63, 3.8) is 0 Å². The predicted molar refractivity (Wildman–Crippen MR) is 224 cm³/mol. The molecule has 0 radical (unpaired) electrons. The number of phenols is 1. The normalized spacial score (nSPS) is 25.0. The standard InChI is InChI=1S/C50H43N3O7/c1-31(34-16-8-3-9-17-34)51-49(59)52-40-29-24-33(23-22-32-14-6-2-7-15-32)30-39(40)50(48(52)58)41(46(55)56)43-47(57)60-44(36-20-12-5-13-21-36)42(35-18-10-4-11-19-35)53(43)45(50)37-25-27-38(54)28-26-37/h3-5,8-14,16-21,24-31,41-45,54H,2,6-7,15H2,1H3,(H,51,59)(H,55,56)/t31-,41+,42+,43+,44-,45-,50+/m1/s1. The van der Waals surface area contributed by atoms with E-state index in [-0.39, 0.29) is 17.0 Å². The van der Waals surface area contributed by atoms with E-state index in [1.807, 2.05) is 103 Å². The van der Waals surface area contributed by atoms with Gasteiger partial charge in [0, 0.05) is 5.56 Å². The predicted octanol–water partition coefficient (Wildman–Crippen LogP) is 8.47. The van der Waals surface area contributed by atoms with Gasteiger partial charge in [-0.2, -0.15) is 0 Å². The largest absolute Gasteiger partial charge is 0.508 e. The number of anilines is 1. The summed E-state index contributed by atoms with van der Waals surface area (Å²) in [5.74, 6) is 1.77. The molecule has 3 heterocycles. The van der Waals surface area contributed by atoms with Crippen LogP contribution in [0.5, 0.6) is 5.75 Å². The highest BCUT2D eigenvalue weighted by Crippen LogP contribution is 2.66. The summed E-state index contributed by atoms with van der Waals surface area (Å²) >= 11 is 0. The van der Waals surface area contributed by atoms with Crippen LogP contribution in [0.2, 0.25) is 0 Å². The number of carbonyl (C=O) groups excluding carboxylic acids is 3. The Bertz CT molecular complexity index is 2570. The number of morpholine rings is 1. The molecule has 4 aliphatic rings. The second-order valence-corrected chi connectivity index (χ2v) is 15.9. The summed E-state index contributed by atoms with van der Waals surface area (Å²) in [5, 5.41) is 25.1. The number of amides is 3. The van der Waals surface area contributed by atoms with Crippen LogP contribution in [-0.2, 0) is 24.5 Å². The average molecular weight is 798 g/mol. The molecule has 10 heteroatoms. The fraction of sp³-hybridized carbons (Fsp3) is 0.240. The van der Waals surface area contributed by atoms with Crippen molar-refractivity contribution >= 4 is 29.6 Å². The van der Waals surface area contributed by atoms with E-state index in [0.717, 1.165) is 47.3 Å². The van der Waals surface area contributed by atoms with E-state index in [1.54, 1.807) is 30.3 Å². The first kappa shape index (κ1) is 38.6. The lowest BCUT2D eigenvalue weighted by molar-refractivity contribution is -0.179. The van der Waals surface area contributed by atoms with Gasteiger partial charge in [0.2, 0.25) is 5.91 Å². The summed E-state index contributed by atoms with van der Waals surface area (Å²) in [7, 11) is 0. The first-order chi connectivity index (χ1) is 29.2. The number of cyclic esters (lactones) is 1.